The Morgan fingerprint density at radius 2 is 1.40 bits per heavy atom. The first-order valence-electron chi connectivity index (χ1n) is 3.62. The van der Waals surface area contributed by atoms with E-state index in [0.29, 0.717) is 0 Å². The Bertz CT molecular complexity index is 372. The SMILES string of the molecule is O[C@@H](c1cc(F)c(F)cc1F)C(F)(F)F. The Morgan fingerprint density at radius 1 is 0.933 bits per heavy atom. The van der Waals surface area contributed by atoms with Crippen molar-refractivity contribution in [1.82, 2.24) is 0 Å². The molecule has 0 heterocycles. The van der Waals surface area contributed by atoms with E-state index in [1.807, 2.05) is 0 Å². The highest BCUT2D eigenvalue weighted by Gasteiger charge is 2.41. The van der Waals surface area contributed by atoms with Crippen molar-refractivity contribution in [2.45, 2.75) is 12.3 Å². The molecule has 0 aromatic heterocycles. The minimum atomic E-state index is -5.13. The largest absolute Gasteiger partial charge is 0.418 e. The number of halogens is 6. The van der Waals surface area contributed by atoms with E-state index in [1.54, 1.807) is 0 Å². The van der Waals surface area contributed by atoms with Gasteiger partial charge in [-0.3, -0.25) is 0 Å². The number of aliphatic hydroxyl groups excluding tert-OH is 1. The van der Waals surface area contributed by atoms with E-state index in [1.165, 1.54) is 0 Å². The van der Waals surface area contributed by atoms with Gasteiger partial charge in [0.1, 0.15) is 5.82 Å². The van der Waals surface area contributed by atoms with E-state index in [9.17, 15) is 26.3 Å². The first-order chi connectivity index (χ1) is 6.73. The fourth-order valence-electron chi connectivity index (χ4n) is 0.924. The van der Waals surface area contributed by atoms with Gasteiger partial charge in [-0.15, -0.1) is 0 Å². The van der Waals surface area contributed by atoms with E-state index in [0.717, 1.165) is 0 Å². The summed E-state index contributed by atoms with van der Waals surface area (Å²) >= 11 is 0. The highest BCUT2D eigenvalue weighted by Crippen LogP contribution is 2.34. The fraction of sp³-hybridized carbons (Fsp3) is 0.250. The zero-order chi connectivity index (χ0) is 11.8. The van der Waals surface area contributed by atoms with Crippen LogP contribution < -0.4 is 0 Å². The second-order valence-corrected chi connectivity index (χ2v) is 2.73. The maximum absolute atomic E-state index is 12.7. The zero-order valence-corrected chi connectivity index (χ0v) is 6.95. The van der Waals surface area contributed by atoms with Crippen LogP contribution in [0, 0.1) is 17.5 Å². The van der Waals surface area contributed by atoms with Crippen molar-refractivity contribution in [2.24, 2.45) is 0 Å². The van der Waals surface area contributed by atoms with Crippen molar-refractivity contribution >= 4 is 0 Å². The molecule has 0 saturated heterocycles. The third-order valence-electron chi connectivity index (χ3n) is 1.64. The molecule has 0 bridgehead atoms. The van der Waals surface area contributed by atoms with Crippen molar-refractivity contribution in [3.63, 3.8) is 0 Å². The second-order valence-electron chi connectivity index (χ2n) is 2.73. The molecule has 0 aliphatic heterocycles. The molecule has 7 heteroatoms. The van der Waals surface area contributed by atoms with Crippen LogP contribution in [0.25, 0.3) is 0 Å². The predicted octanol–water partition coefficient (Wildman–Crippen LogP) is 2.70. The van der Waals surface area contributed by atoms with E-state index in [-0.39, 0.29) is 12.1 Å². The molecule has 0 aliphatic rings. The van der Waals surface area contributed by atoms with E-state index in [4.69, 9.17) is 5.11 Å². The van der Waals surface area contributed by atoms with Crippen molar-refractivity contribution in [3.05, 3.63) is 35.1 Å². The van der Waals surface area contributed by atoms with Gasteiger partial charge in [0.05, 0.1) is 0 Å². The molecule has 1 aromatic carbocycles. The minimum Gasteiger partial charge on any atom is -0.379 e. The summed E-state index contributed by atoms with van der Waals surface area (Å²) in [5.74, 6) is -4.93. The standard InChI is InChI=1S/C8H4F6O/c9-4-2-6(11)5(10)1-3(4)7(15)8(12,13)14/h1-2,7,15H/t7-/m0/s1. The zero-order valence-electron chi connectivity index (χ0n) is 6.95. The van der Waals surface area contributed by atoms with Gasteiger partial charge < -0.3 is 5.11 Å². The molecule has 0 unspecified atom stereocenters. The van der Waals surface area contributed by atoms with Crippen molar-refractivity contribution in [3.8, 4) is 0 Å². The molecule has 0 saturated carbocycles. The maximum Gasteiger partial charge on any atom is 0.418 e. The highest BCUT2D eigenvalue weighted by molar-refractivity contribution is 5.23. The number of aliphatic hydroxyl groups is 1. The summed E-state index contributed by atoms with van der Waals surface area (Å²) in [5, 5.41) is 8.60. The Hall–Kier alpha value is -1.24. The minimum absolute atomic E-state index is 0.0250. The van der Waals surface area contributed by atoms with Crippen molar-refractivity contribution in [1.29, 1.82) is 0 Å². The van der Waals surface area contributed by atoms with Crippen LogP contribution in [0.15, 0.2) is 12.1 Å². The number of rotatable bonds is 1. The number of hydrogen-bond acceptors (Lipinski definition) is 1. The molecule has 1 aromatic rings. The van der Waals surface area contributed by atoms with Gasteiger partial charge in [0, 0.05) is 11.6 Å². The van der Waals surface area contributed by atoms with Gasteiger partial charge in [0.15, 0.2) is 17.7 Å². The van der Waals surface area contributed by atoms with Crippen molar-refractivity contribution in [2.75, 3.05) is 0 Å². The second kappa shape index (κ2) is 3.73. The summed E-state index contributed by atoms with van der Waals surface area (Å²) in [6, 6.07) is -0.0809. The van der Waals surface area contributed by atoms with E-state index in [2.05, 4.69) is 0 Å². The van der Waals surface area contributed by atoms with Gasteiger partial charge in [-0.05, 0) is 6.07 Å². The highest BCUT2D eigenvalue weighted by atomic mass is 19.4. The lowest BCUT2D eigenvalue weighted by Gasteiger charge is -2.15. The van der Waals surface area contributed by atoms with Crippen LogP contribution in [0.3, 0.4) is 0 Å². The Morgan fingerprint density at radius 3 is 1.87 bits per heavy atom. The van der Waals surface area contributed by atoms with Crippen LogP contribution in [0.2, 0.25) is 0 Å². The average molecular weight is 230 g/mol. The lowest BCUT2D eigenvalue weighted by Crippen LogP contribution is -2.21. The molecule has 1 atom stereocenters. The molecule has 0 spiro atoms. The van der Waals surface area contributed by atoms with Crippen LogP contribution in [0.1, 0.15) is 11.7 Å². The molecule has 84 valence electrons. The summed E-state index contributed by atoms with van der Waals surface area (Å²) < 4.78 is 73.3. The summed E-state index contributed by atoms with van der Waals surface area (Å²) in [7, 11) is 0. The Kier molecular flexibility index (Phi) is 2.94. The number of benzene rings is 1. The normalized spacial score (nSPS) is 14.1. The molecule has 0 amide bonds. The lowest BCUT2D eigenvalue weighted by atomic mass is 10.1. The van der Waals surface area contributed by atoms with Crippen molar-refractivity contribution < 1.29 is 31.4 Å². The first kappa shape index (κ1) is 11.8. The van der Waals surface area contributed by atoms with Crippen LogP contribution >= 0.6 is 0 Å². The van der Waals surface area contributed by atoms with E-state index < -0.39 is 35.3 Å². The van der Waals surface area contributed by atoms with E-state index >= 15 is 0 Å². The van der Waals surface area contributed by atoms with Crippen LogP contribution in [0.4, 0.5) is 26.3 Å². The van der Waals surface area contributed by atoms with Gasteiger partial charge >= 0.3 is 6.18 Å². The molecule has 1 rings (SSSR count). The molecule has 15 heavy (non-hydrogen) atoms. The van der Waals surface area contributed by atoms with Crippen LogP contribution in [-0.4, -0.2) is 11.3 Å². The average Bonchev–Trinajstić information content (AvgIpc) is 2.08. The summed E-state index contributed by atoms with van der Waals surface area (Å²) in [6.07, 6.45) is -8.31. The fourth-order valence-corrected chi connectivity index (χ4v) is 0.924. The summed E-state index contributed by atoms with van der Waals surface area (Å²) in [6.45, 7) is 0. The number of alkyl halides is 3. The predicted molar refractivity (Wildman–Crippen MR) is 37.3 cm³/mol. The van der Waals surface area contributed by atoms with Crippen LogP contribution in [-0.2, 0) is 0 Å². The summed E-state index contributed by atoms with van der Waals surface area (Å²) in [4.78, 5) is 0. The van der Waals surface area contributed by atoms with Gasteiger partial charge in [-0.25, -0.2) is 13.2 Å². The molecule has 0 fully saturated rings. The third-order valence-corrected chi connectivity index (χ3v) is 1.64. The quantitative estimate of drug-likeness (QED) is 0.580. The Labute approximate surface area is 79.9 Å². The smallest absolute Gasteiger partial charge is 0.379 e. The summed E-state index contributed by atoms with van der Waals surface area (Å²) in [5.41, 5.74) is -1.35. The first-order valence-corrected chi connectivity index (χ1v) is 3.62. The number of hydrogen-bond donors (Lipinski definition) is 1. The molecule has 1 nitrogen and oxygen atoms in total. The van der Waals surface area contributed by atoms with Gasteiger partial charge in [0.2, 0.25) is 0 Å². The van der Waals surface area contributed by atoms with Gasteiger partial charge in [-0.1, -0.05) is 0 Å². The van der Waals surface area contributed by atoms with Gasteiger partial charge in [0.25, 0.3) is 0 Å². The maximum atomic E-state index is 12.7. The lowest BCUT2D eigenvalue weighted by molar-refractivity contribution is -0.207. The topological polar surface area (TPSA) is 20.2 Å². The van der Waals surface area contributed by atoms with Crippen LogP contribution in [0.5, 0.6) is 0 Å². The monoisotopic (exact) mass is 230 g/mol. The molecular formula is C8H4F6O. The van der Waals surface area contributed by atoms with Gasteiger partial charge in [-0.2, -0.15) is 13.2 Å². The molecule has 0 aliphatic carbocycles. The Balaban J connectivity index is 3.21. The molecular weight excluding hydrogens is 226 g/mol. The third kappa shape index (κ3) is 2.41. The molecule has 0 radical (unpaired) electrons. The molecule has 1 N–H and O–H groups in total.